The van der Waals surface area contributed by atoms with E-state index in [0.717, 1.165) is 37.9 Å². The van der Waals surface area contributed by atoms with E-state index in [2.05, 4.69) is 60.1 Å². The van der Waals surface area contributed by atoms with E-state index in [4.69, 9.17) is 5.73 Å². The highest BCUT2D eigenvalue weighted by Crippen LogP contribution is 2.38. The summed E-state index contributed by atoms with van der Waals surface area (Å²) in [5, 5.41) is 17.2. The van der Waals surface area contributed by atoms with E-state index >= 15 is 0 Å². The molecule has 1 unspecified atom stereocenters. The summed E-state index contributed by atoms with van der Waals surface area (Å²) < 4.78 is 2.12. The van der Waals surface area contributed by atoms with Crippen LogP contribution in [0.25, 0.3) is 0 Å². The van der Waals surface area contributed by atoms with Crippen molar-refractivity contribution in [3.63, 3.8) is 0 Å². The van der Waals surface area contributed by atoms with Crippen LogP contribution in [0.2, 0.25) is 0 Å². The summed E-state index contributed by atoms with van der Waals surface area (Å²) in [6.45, 7) is 11.4. The van der Waals surface area contributed by atoms with Gasteiger partial charge in [-0.2, -0.15) is 0 Å². The lowest BCUT2D eigenvalue weighted by Crippen LogP contribution is -2.44. The molecule has 0 bridgehead atoms. The Morgan fingerprint density at radius 1 is 1.00 bits per heavy atom. The molecule has 0 aliphatic heterocycles. The van der Waals surface area contributed by atoms with Crippen LogP contribution in [0.5, 0.6) is 0 Å². The molecule has 6 heteroatoms. The highest BCUT2D eigenvalue weighted by atomic mass is 15.6. The van der Waals surface area contributed by atoms with E-state index in [1.54, 1.807) is 0 Å². The van der Waals surface area contributed by atoms with Crippen molar-refractivity contribution in [3.05, 3.63) is 5.82 Å². The second-order valence-corrected chi connectivity index (χ2v) is 11.2. The minimum atomic E-state index is -0.111. The standard InChI is InChI=1S/C22H42N6/c1-21(2,3)15-22(4,5)28-20(25-26-27-28)19(16-9-7-6-8-10-16)24-18-13-11-17(23)12-14-18/h16-19,24H,6-15,23H2,1-5H3. The molecule has 28 heavy (non-hydrogen) atoms. The summed E-state index contributed by atoms with van der Waals surface area (Å²) in [6.07, 6.45) is 12.2. The van der Waals surface area contributed by atoms with Crippen LogP contribution in [-0.2, 0) is 5.54 Å². The summed E-state index contributed by atoms with van der Waals surface area (Å²) in [6, 6.07) is 1.15. The predicted molar refractivity (Wildman–Crippen MR) is 114 cm³/mol. The number of hydrogen-bond acceptors (Lipinski definition) is 5. The zero-order valence-electron chi connectivity index (χ0n) is 18.7. The number of rotatable bonds is 6. The molecular weight excluding hydrogens is 348 g/mol. The van der Waals surface area contributed by atoms with Gasteiger partial charge in [0.25, 0.3) is 0 Å². The Morgan fingerprint density at radius 3 is 2.25 bits per heavy atom. The molecule has 0 spiro atoms. The average Bonchev–Trinajstić information content (AvgIpc) is 3.10. The molecule has 1 heterocycles. The maximum atomic E-state index is 6.14. The Kier molecular flexibility index (Phi) is 6.80. The van der Waals surface area contributed by atoms with Crippen LogP contribution in [0.15, 0.2) is 0 Å². The highest BCUT2D eigenvalue weighted by Gasteiger charge is 2.37. The van der Waals surface area contributed by atoms with Crippen molar-refractivity contribution in [3.8, 4) is 0 Å². The molecule has 160 valence electrons. The van der Waals surface area contributed by atoms with E-state index in [0.29, 0.717) is 18.0 Å². The van der Waals surface area contributed by atoms with E-state index in [1.165, 1.54) is 32.1 Å². The third kappa shape index (κ3) is 5.53. The van der Waals surface area contributed by atoms with Gasteiger partial charge in [-0.25, -0.2) is 4.68 Å². The van der Waals surface area contributed by atoms with Crippen molar-refractivity contribution in [2.75, 3.05) is 0 Å². The summed E-state index contributed by atoms with van der Waals surface area (Å²) in [5.41, 5.74) is 6.25. The third-order valence-corrected chi connectivity index (χ3v) is 6.62. The first-order chi connectivity index (χ1) is 13.2. The van der Waals surface area contributed by atoms with Gasteiger partial charge >= 0.3 is 0 Å². The van der Waals surface area contributed by atoms with Crippen molar-refractivity contribution in [1.29, 1.82) is 0 Å². The van der Waals surface area contributed by atoms with Crippen LogP contribution < -0.4 is 11.1 Å². The molecule has 1 aromatic heterocycles. The van der Waals surface area contributed by atoms with Crippen LogP contribution >= 0.6 is 0 Å². The first-order valence-corrected chi connectivity index (χ1v) is 11.5. The maximum Gasteiger partial charge on any atom is 0.169 e. The molecular formula is C22H42N6. The number of nitrogens with one attached hydrogen (secondary N) is 1. The largest absolute Gasteiger partial charge is 0.328 e. The van der Waals surface area contributed by atoms with Gasteiger partial charge in [-0.1, -0.05) is 40.0 Å². The predicted octanol–water partition coefficient (Wildman–Crippen LogP) is 4.33. The molecule has 3 N–H and O–H groups in total. The Morgan fingerprint density at radius 2 is 1.64 bits per heavy atom. The van der Waals surface area contributed by atoms with E-state index in [9.17, 15) is 0 Å². The summed E-state index contributed by atoms with van der Waals surface area (Å²) >= 11 is 0. The first-order valence-electron chi connectivity index (χ1n) is 11.5. The molecule has 0 amide bonds. The van der Waals surface area contributed by atoms with E-state index < -0.39 is 0 Å². The second-order valence-electron chi connectivity index (χ2n) is 11.2. The molecule has 2 saturated carbocycles. The SMILES string of the molecule is CC(C)(C)CC(C)(C)n1nnnc1C(NC1CCC(N)CC1)C1CCCCC1. The molecule has 2 fully saturated rings. The molecule has 0 aromatic carbocycles. The quantitative estimate of drug-likeness (QED) is 0.756. The molecule has 3 rings (SSSR count). The van der Waals surface area contributed by atoms with Crippen molar-refractivity contribution in [2.45, 2.75) is 122 Å². The summed E-state index contributed by atoms with van der Waals surface area (Å²) in [4.78, 5) is 0. The van der Waals surface area contributed by atoms with Gasteiger partial charge in [0.1, 0.15) is 0 Å². The molecule has 0 radical (unpaired) electrons. The molecule has 0 saturated heterocycles. The zero-order chi connectivity index (χ0) is 20.4. The Bertz CT molecular complexity index is 603. The number of aromatic nitrogens is 4. The summed E-state index contributed by atoms with van der Waals surface area (Å²) in [5.74, 6) is 1.66. The number of nitrogens with two attached hydrogens (primary N) is 1. The van der Waals surface area contributed by atoms with E-state index in [1.807, 2.05) is 0 Å². The number of tetrazole rings is 1. The van der Waals surface area contributed by atoms with Crippen LogP contribution in [0.4, 0.5) is 0 Å². The highest BCUT2D eigenvalue weighted by molar-refractivity contribution is 5.02. The van der Waals surface area contributed by atoms with Crippen LogP contribution in [-0.4, -0.2) is 32.3 Å². The van der Waals surface area contributed by atoms with Gasteiger partial charge in [0, 0.05) is 12.1 Å². The minimum absolute atomic E-state index is 0.111. The Labute approximate surface area is 171 Å². The lowest BCUT2D eigenvalue weighted by atomic mass is 9.80. The topological polar surface area (TPSA) is 81.7 Å². The second kappa shape index (κ2) is 8.78. The fourth-order valence-electron chi connectivity index (χ4n) is 5.62. The Balaban J connectivity index is 1.85. The average molecular weight is 391 g/mol. The van der Waals surface area contributed by atoms with Crippen LogP contribution in [0.3, 0.4) is 0 Å². The lowest BCUT2D eigenvalue weighted by Gasteiger charge is -2.38. The Hall–Kier alpha value is -1.01. The van der Waals surface area contributed by atoms with Crippen molar-refractivity contribution in [1.82, 2.24) is 25.5 Å². The third-order valence-electron chi connectivity index (χ3n) is 6.62. The van der Waals surface area contributed by atoms with Gasteiger partial charge in [-0.15, -0.1) is 5.10 Å². The van der Waals surface area contributed by atoms with Crippen molar-refractivity contribution >= 4 is 0 Å². The van der Waals surface area contributed by atoms with Gasteiger partial charge in [0.2, 0.25) is 0 Å². The fourth-order valence-corrected chi connectivity index (χ4v) is 5.62. The molecule has 1 atom stereocenters. The van der Waals surface area contributed by atoms with Gasteiger partial charge in [-0.05, 0) is 80.6 Å². The smallest absolute Gasteiger partial charge is 0.169 e. The molecule has 1 aromatic rings. The summed E-state index contributed by atoms with van der Waals surface area (Å²) in [7, 11) is 0. The van der Waals surface area contributed by atoms with Crippen molar-refractivity contribution in [2.24, 2.45) is 17.1 Å². The normalized spacial score (nSPS) is 26.4. The molecule has 2 aliphatic rings. The van der Waals surface area contributed by atoms with Gasteiger partial charge < -0.3 is 11.1 Å². The van der Waals surface area contributed by atoms with Crippen LogP contribution in [0.1, 0.15) is 111 Å². The minimum Gasteiger partial charge on any atom is -0.328 e. The monoisotopic (exact) mass is 390 g/mol. The number of hydrogen-bond donors (Lipinski definition) is 2. The van der Waals surface area contributed by atoms with E-state index in [-0.39, 0.29) is 17.0 Å². The fraction of sp³-hybridized carbons (Fsp3) is 0.955. The lowest BCUT2D eigenvalue weighted by molar-refractivity contribution is 0.168. The number of nitrogens with zero attached hydrogens (tertiary/aromatic N) is 4. The van der Waals surface area contributed by atoms with Gasteiger partial charge in [-0.3, -0.25) is 0 Å². The maximum absolute atomic E-state index is 6.14. The molecule has 2 aliphatic carbocycles. The van der Waals surface area contributed by atoms with Crippen molar-refractivity contribution < 1.29 is 0 Å². The van der Waals surface area contributed by atoms with Gasteiger partial charge in [0.05, 0.1) is 11.6 Å². The van der Waals surface area contributed by atoms with Crippen LogP contribution in [0, 0.1) is 11.3 Å². The first kappa shape index (κ1) is 21.7. The van der Waals surface area contributed by atoms with Gasteiger partial charge in [0.15, 0.2) is 5.82 Å². The zero-order valence-corrected chi connectivity index (χ0v) is 18.7. The molecule has 6 nitrogen and oxygen atoms in total.